The Morgan fingerprint density at radius 3 is 2.71 bits per heavy atom. The van der Waals surface area contributed by atoms with E-state index in [0.717, 1.165) is 36.7 Å². The highest BCUT2D eigenvalue weighted by Crippen LogP contribution is 2.20. The van der Waals surface area contributed by atoms with E-state index >= 15 is 0 Å². The summed E-state index contributed by atoms with van der Waals surface area (Å²) in [4.78, 5) is 12.2. The molecule has 2 heterocycles. The summed E-state index contributed by atoms with van der Waals surface area (Å²) in [5.74, 6) is 1.39. The number of thioether (sulfide) groups is 1. The van der Waals surface area contributed by atoms with Crippen LogP contribution in [0.15, 0.2) is 29.7 Å². The van der Waals surface area contributed by atoms with Gasteiger partial charge < -0.3 is 5.32 Å². The van der Waals surface area contributed by atoms with Crippen molar-refractivity contribution in [3.63, 3.8) is 0 Å². The Kier molecular flexibility index (Phi) is 5.96. The second-order valence-corrected chi connectivity index (χ2v) is 7.16. The van der Waals surface area contributed by atoms with Crippen LogP contribution in [0.25, 0.3) is 0 Å². The summed E-state index contributed by atoms with van der Waals surface area (Å²) in [6.07, 6.45) is 11.8. The summed E-state index contributed by atoms with van der Waals surface area (Å²) < 4.78 is 3.95. The maximum absolute atomic E-state index is 12.2. The van der Waals surface area contributed by atoms with Gasteiger partial charge in [-0.15, -0.1) is 10.2 Å². The van der Waals surface area contributed by atoms with Crippen molar-refractivity contribution in [1.82, 2.24) is 24.9 Å². The minimum atomic E-state index is 0.0889. The normalized spacial score (nSPS) is 15.5. The Labute approximate surface area is 147 Å². The van der Waals surface area contributed by atoms with Crippen molar-refractivity contribution in [3.8, 4) is 0 Å². The molecular weight excluding hydrogens is 322 g/mol. The molecule has 2 aromatic rings. The Morgan fingerprint density at radius 2 is 2.00 bits per heavy atom. The fourth-order valence-electron chi connectivity index (χ4n) is 3.10. The number of carbonyl (C=O) groups excluding carboxylic acids is 1. The smallest absolute Gasteiger partial charge is 0.230 e. The van der Waals surface area contributed by atoms with Crippen molar-refractivity contribution >= 4 is 17.7 Å². The Morgan fingerprint density at radius 1 is 1.25 bits per heavy atom. The van der Waals surface area contributed by atoms with E-state index in [9.17, 15) is 4.79 Å². The SMILES string of the molecule is CCCc1nnc(SCC(=O)NC2CCCCC2)n1-n1cccc1. The molecule has 3 rings (SSSR count). The molecule has 0 saturated heterocycles. The monoisotopic (exact) mass is 347 g/mol. The average Bonchev–Trinajstić information content (AvgIpc) is 3.23. The van der Waals surface area contributed by atoms with Gasteiger partial charge in [0.25, 0.3) is 0 Å². The summed E-state index contributed by atoms with van der Waals surface area (Å²) in [6, 6.07) is 4.30. The van der Waals surface area contributed by atoms with E-state index in [1.165, 1.54) is 31.0 Å². The van der Waals surface area contributed by atoms with Gasteiger partial charge in [-0.1, -0.05) is 37.9 Å². The Hall–Kier alpha value is -1.76. The van der Waals surface area contributed by atoms with Crippen molar-refractivity contribution in [3.05, 3.63) is 30.4 Å². The fraction of sp³-hybridized carbons (Fsp3) is 0.588. The molecule has 24 heavy (non-hydrogen) atoms. The zero-order valence-electron chi connectivity index (χ0n) is 14.1. The van der Waals surface area contributed by atoms with E-state index < -0.39 is 0 Å². The van der Waals surface area contributed by atoms with Crippen LogP contribution in [0.4, 0.5) is 0 Å². The quantitative estimate of drug-likeness (QED) is 0.782. The molecule has 1 aliphatic rings. The van der Waals surface area contributed by atoms with Crippen LogP contribution < -0.4 is 5.32 Å². The van der Waals surface area contributed by atoms with E-state index in [1.54, 1.807) is 0 Å². The van der Waals surface area contributed by atoms with Gasteiger partial charge in [0.15, 0.2) is 5.82 Å². The number of aryl methyl sites for hydroxylation is 1. The summed E-state index contributed by atoms with van der Waals surface area (Å²) >= 11 is 1.45. The van der Waals surface area contributed by atoms with Crippen LogP contribution >= 0.6 is 11.8 Å². The van der Waals surface area contributed by atoms with E-state index in [4.69, 9.17) is 0 Å². The van der Waals surface area contributed by atoms with Gasteiger partial charge >= 0.3 is 0 Å². The fourth-order valence-corrected chi connectivity index (χ4v) is 3.87. The maximum atomic E-state index is 12.2. The molecule has 6 nitrogen and oxygen atoms in total. The highest BCUT2D eigenvalue weighted by molar-refractivity contribution is 7.99. The predicted molar refractivity (Wildman–Crippen MR) is 95.0 cm³/mol. The molecule has 1 fully saturated rings. The number of rotatable bonds is 7. The molecule has 1 aliphatic carbocycles. The second kappa shape index (κ2) is 8.37. The lowest BCUT2D eigenvalue weighted by Crippen LogP contribution is -2.37. The number of aromatic nitrogens is 4. The van der Waals surface area contributed by atoms with Crippen LogP contribution in [-0.4, -0.2) is 37.3 Å². The lowest BCUT2D eigenvalue weighted by Gasteiger charge is -2.22. The zero-order chi connectivity index (χ0) is 16.8. The number of nitrogens with one attached hydrogen (secondary N) is 1. The van der Waals surface area contributed by atoms with Crippen molar-refractivity contribution in [1.29, 1.82) is 0 Å². The first-order valence-corrected chi connectivity index (χ1v) is 9.76. The highest BCUT2D eigenvalue weighted by Gasteiger charge is 2.18. The predicted octanol–water partition coefficient (Wildman–Crippen LogP) is 2.88. The average molecular weight is 347 g/mol. The third-order valence-corrected chi connectivity index (χ3v) is 5.19. The van der Waals surface area contributed by atoms with Gasteiger partial charge in [-0.05, 0) is 31.4 Å². The minimum Gasteiger partial charge on any atom is -0.353 e. The maximum Gasteiger partial charge on any atom is 0.230 e. The third kappa shape index (κ3) is 4.20. The van der Waals surface area contributed by atoms with Gasteiger partial charge in [0.1, 0.15) is 0 Å². The highest BCUT2D eigenvalue weighted by atomic mass is 32.2. The summed E-state index contributed by atoms with van der Waals surface area (Å²) in [5.41, 5.74) is 0. The number of amides is 1. The van der Waals surface area contributed by atoms with Crippen LogP contribution in [0.5, 0.6) is 0 Å². The lowest BCUT2D eigenvalue weighted by atomic mass is 9.95. The molecule has 1 saturated carbocycles. The Balaban J connectivity index is 1.63. The standard InChI is InChI=1S/C17H25N5OS/c1-2-8-15-19-20-17(22(15)21-11-6-7-12-21)24-13-16(23)18-14-9-4-3-5-10-14/h6-7,11-12,14H,2-5,8-10,13H2,1H3,(H,18,23). The van der Waals surface area contributed by atoms with Gasteiger partial charge in [-0.3, -0.25) is 9.47 Å². The van der Waals surface area contributed by atoms with Crippen molar-refractivity contribution in [2.45, 2.75) is 63.1 Å². The molecule has 1 amide bonds. The molecule has 1 N–H and O–H groups in total. The second-order valence-electron chi connectivity index (χ2n) is 6.21. The Bertz CT molecular complexity index is 646. The molecule has 0 aliphatic heterocycles. The van der Waals surface area contributed by atoms with Crippen LogP contribution in [0.1, 0.15) is 51.3 Å². The van der Waals surface area contributed by atoms with Crippen LogP contribution in [0, 0.1) is 0 Å². The molecular formula is C17H25N5OS. The third-order valence-electron chi connectivity index (χ3n) is 4.27. The number of hydrogen-bond donors (Lipinski definition) is 1. The van der Waals surface area contributed by atoms with E-state index in [-0.39, 0.29) is 5.91 Å². The number of hydrogen-bond acceptors (Lipinski definition) is 4. The lowest BCUT2D eigenvalue weighted by molar-refractivity contribution is -0.119. The molecule has 0 unspecified atom stereocenters. The summed E-state index contributed by atoms with van der Waals surface area (Å²) in [5, 5.41) is 12.5. The van der Waals surface area contributed by atoms with Gasteiger partial charge in [-0.2, -0.15) is 0 Å². The van der Waals surface area contributed by atoms with Crippen molar-refractivity contribution in [2.24, 2.45) is 0 Å². The van der Waals surface area contributed by atoms with E-state index in [1.807, 2.05) is 33.9 Å². The largest absolute Gasteiger partial charge is 0.353 e. The van der Waals surface area contributed by atoms with E-state index in [2.05, 4.69) is 22.4 Å². The molecule has 0 bridgehead atoms. The molecule has 0 aromatic carbocycles. The van der Waals surface area contributed by atoms with Crippen molar-refractivity contribution in [2.75, 3.05) is 5.75 Å². The molecule has 0 radical (unpaired) electrons. The number of carbonyl (C=O) groups is 1. The minimum absolute atomic E-state index is 0.0889. The number of nitrogens with zero attached hydrogens (tertiary/aromatic N) is 4. The molecule has 0 atom stereocenters. The molecule has 0 spiro atoms. The summed E-state index contributed by atoms with van der Waals surface area (Å²) in [7, 11) is 0. The topological polar surface area (TPSA) is 64.7 Å². The summed E-state index contributed by atoms with van der Waals surface area (Å²) in [6.45, 7) is 2.12. The van der Waals surface area contributed by atoms with Gasteiger partial charge in [0.05, 0.1) is 5.75 Å². The van der Waals surface area contributed by atoms with Gasteiger partial charge in [0, 0.05) is 24.9 Å². The van der Waals surface area contributed by atoms with Crippen LogP contribution in [0.2, 0.25) is 0 Å². The first-order valence-electron chi connectivity index (χ1n) is 8.78. The zero-order valence-corrected chi connectivity index (χ0v) is 15.0. The first kappa shape index (κ1) is 17.1. The van der Waals surface area contributed by atoms with Crippen LogP contribution in [0.3, 0.4) is 0 Å². The van der Waals surface area contributed by atoms with Gasteiger partial charge in [-0.25, -0.2) is 4.68 Å². The van der Waals surface area contributed by atoms with Crippen molar-refractivity contribution < 1.29 is 4.79 Å². The molecule has 130 valence electrons. The van der Waals surface area contributed by atoms with Gasteiger partial charge in [0.2, 0.25) is 11.1 Å². The molecule has 2 aromatic heterocycles. The first-order chi connectivity index (χ1) is 11.8. The van der Waals surface area contributed by atoms with E-state index in [0.29, 0.717) is 11.8 Å². The molecule has 7 heteroatoms. The van der Waals surface area contributed by atoms with Crippen LogP contribution in [-0.2, 0) is 11.2 Å².